The summed E-state index contributed by atoms with van der Waals surface area (Å²) in [6.07, 6.45) is 1.35. The van der Waals surface area contributed by atoms with E-state index in [2.05, 4.69) is 25.2 Å². The van der Waals surface area contributed by atoms with E-state index in [1.54, 1.807) is 18.2 Å². The molecule has 0 saturated carbocycles. The smallest absolute Gasteiger partial charge is 0.236 e. The van der Waals surface area contributed by atoms with Crippen molar-refractivity contribution in [3.8, 4) is 11.4 Å². The second kappa shape index (κ2) is 6.48. The lowest BCUT2D eigenvalue weighted by Gasteiger charge is -2.04. The first-order chi connectivity index (χ1) is 11.1. The Morgan fingerprint density at radius 2 is 2.17 bits per heavy atom. The van der Waals surface area contributed by atoms with Crippen LogP contribution in [0.4, 0.5) is 10.2 Å². The Balaban J connectivity index is 1.68. The van der Waals surface area contributed by atoms with Crippen molar-refractivity contribution in [3.05, 3.63) is 42.4 Å². The molecule has 23 heavy (non-hydrogen) atoms. The van der Waals surface area contributed by atoms with Gasteiger partial charge in [-0.1, -0.05) is 29.1 Å². The summed E-state index contributed by atoms with van der Waals surface area (Å²) in [6.45, 7) is 0. The van der Waals surface area contributed by atoms with Crippen LogP contribution in [0.3, 0.4) is 0 Å². The third-order valence-electron chi connectivity index (χ3n) is 2.82. The van der Waals surface area contributed by atoms with Gasteiger partial charge in [-0.05, 0) is 12.1 Å². The second-order valence-electron chi connectivity index (χ2n) is 4.38. The van der Waals surface area contributed by atoms with Crippen LogP contribution in [0.1, 0.15) is 0 Å². The Kier molecular flexibility index (Phi) is 4.24. The van der Waals surface area contributed by atoms with Crippen LogP contribution in [0.5, 0.6) is 0 Å². The fraction of sp³-hybridized carbons (Fsp3) is 0.0769. The monoisotopic (exact) mass is 334 g/mol. The maximum Gasteiger partial charge on any atom is 0.236 e. The van der Waals surface area contributed by atoms with Gasteiger partial charge in [0, 0.05) is 6.07 Å². The fourth-order valence-corrected chi connectivity index (χ4v) is 2.44. The van der Waals surface area contributed by atoms with Gasteiger partial charge >= 0.3 is 0 Å². The number of benzene rings is 1. The summed E-state index contributed by atoms with van der Waals surface area (Å²) in [6, 6.07) is 7.62. The summed E-state index contributed by atoms with van der Waals surface area (Å²) in [4.78, 5) is 11.8. The van der Waals surface area contributed by atoms with E-state index in [1.165, 1.54) is 18.4 Å². The van der Waals surface area contributed by atoms with E-state index in [1.807, 2.05) is 0 Å². The number of nitrogen functional groups attached to an aromatic ring is 1. The number of hydrogen-bond donors (Lipinski definition) is 2. The third-order valence-corrected chi connectivity index (χ3v) is 3.76. The van der Waals surface area contributed by atoms with Crippen molar-refractivity contribution in [1.29, 1.82) is 0 Å². The third kappa shape index (κ3) is 3.31. The molecule has 1 amide bonds. The number of halogens is 1. The minimum Gasteiger partial charge on any atom is -0.363 e. The minimum atomic E-state index is -0.452. The van der Waals surface area contributed by atoms with Gasteiger partial charge in [0.05, 0.1) is 11.3 Å². The molecule has 0 bridgehead atoms. The highest BCUT2D eigenvalue weighted by molar-refractivity contribution is 7.99. The molecule has 0 radical (unpaired) electrons. The first-order valence-electron chi connectivity index (χ1n) is 6.43. The van der Waals surface area contributed by atoms with Gasteiger partial charge in [-0.3, -0.25) is 4.79 Å². The van der Waals surface area contributed by atoms with E-state index in [-0.39, 0.29) is 23.0 Å². The van der Waals surface area contributed by atoms with E-state index >= 15 is 0 Å². The Labute approximate surface area is 133 Å². The van der Waals surface area contributed by atoms with E-state index in [0.717, 1.165) is 16.4 Å². The van der Waals surface area contributed by atoms with Crippen LogP contribution >= 0.6 is 11.8 Å². The number of rotatable bonds is 5. The lowest BCUT2D eigenvalue weighted by atomic mass is 10.2. The van der Waals surface area contributed by atoms with E-state index in [9.17, 15) is 9.18 Å². The average Bonchev–Trinajstić information content (AvgIpc) is 3.16. The molecule has 0 aliphatic rings. The van der Waals surface area contributed by atoms with Crippen LogP contribution in [-0.2, 0) is 4.79 Å². The predicted molar refractivity (Wildman–Crippen MR) is 81.4 cm³/mol. The van der Waals surface area contributed by atoms with E-state index in [4.69, 9.17) is 5.84 Å². The number of hydrogen-bond acceptors (Lipinski definition) is 7. The molecule has 3 rings (SSSR count). The lowest BCUT2D eigenvalue weighted by molar-refractivity contribution is -0.113. The summed E-state index contributed by atoms with van der Waals surface area (Å²) in [5, 5.41) is 14.1. The first kappa shape index (κ1) is 15.0. The molecule has 0 saturated heterocycles. The van der Waals surface area contributed by atoms with E-state index in [0.29, 0.717) is 11.0 Å². The molecule has 118 valence electrons. The summed E-state index contributed by atoms with van der Waals surface area (Å²) in [7, 11) is 0. The molecule has 0 aliphatic carbocycles. The van der Waals surface area contributed by atoms with Crippen molar-refractivity contribution in [2.45, 2.75) is 5.16 Å². The highest BCUT2D eigenvalue weighted by Gasteiger charge is 2.16. The molecule has 0 spiro atoms. The fourth-order valence-electron chi connectivity index (χ4n) is 1.79. The predicted octanol–water partition coefficient (Wildman–Crippen LogP) is 1.52. The topological polar surface area (TPSA) is 112 Å². The van der Waals surface area contributed by atoms with Gasteiger partial charge in [0.25, 0.3) is 0 Å². The molecule has 2 heterocycles. The van der Waals surface area contributed by atoms with Crippen LogP contribution < -0.4 is 11.2 Å². The van der Waals surface area contributed by atoms with Gasteiger partial charge in [-0.2, -0.15) is 0 Å². The highest BCUT2D eigenvalue weighted by Crippen LogP contribution is 2.23. The molecule has 0 unspecified atom stereocenters. The zero-order valence-electron chi connectivity index (χ0n) is 11.6. The number of nitrogens with two attached hydrogens (primary N) is 1. The molecule has 0 aliphatic heterocycles. The van der Waals surface area contributed by atoms with Gasteiger partial charge in [0.1, 0.15) is 12.1 Å². The maximum absolute atomic E-state index is 13.8. The standard InChI is InChI=1S/C13H11FN6O2S/c14-9-4-2-1-3-8(9)12-17-18-13(20(12)15)23-7-11(21)16-10-5-6-22-19-10/h1-6H,7,15H2,(H,16,19,21). The summed E-state index contributed by atoms with van der Waals surface area (Å²) in [5.41, 5.74) is 0.237. The first-order valence-corrected chi connectivity index (χ1v) is 7.42. The van der Waals surface area contributed by atoms with Crippen molar-refractivity contribution < 1.29 is 13.7 Å². The number of anilines is 1. The van der Waals surface area contributed by atoms with Crippen molar-refractivity contribution in [1.82, 2.24) is 20.0 Å². The largest absolute Gasteiger partial charge is 0.363 e. The van der Waals surface area contributed by atoms with E-state index < -0.39 is 5.82 Å². The Hall–Kier alpha value is -2.88. The number of nitrogens with one attached hydrogen (secondary N) is 1. The molecule has 3 aromatic rings. The van der Waals surface area contributed by atoms with Crippen LogP contribution in [-0.4, -0.2) is 31.7 Å². The molecule has 0 fully saturated rings. The van der Waals surface area contributed by atoms with Crippen LogP contribution in [0.15, 0.2) is 46.3 Å². The zero-order valence-corrected chi connectivity index (χ0v) is 12.5. The van der Waals surface area contributed by atoms with Gasteiger partial charge in [0.15, 0.2) is 11.6 Å². The number of amides is 1. The minimum absolute atomic E-state index is 0.0411. The molecule has 0 atom stereocenters. The van der Waals surface area contributed by atoms with Crippen molar-refractivity contribution in [2.24, 2.45) is 0 Å². The average molecular weight is 334 g/mol. The number of aromatic nitrogens is 4. The van der Waals surface area contributed by atoms with Crippen molar-refractivity contribution >= 4 is 23.5 Å². The Morgan fingerprint density at radius 1 is 1.35 bits per heavy atom. The SMILES string of the molecule is Nn1c(SCC(=O)Nc2ccon2)nnc1-c1ccccc1F. The Bertz CT molecular complexity index is 820. The number of thioether (sulfide) groups is 1. The molecular formula is C13H11FN6O2S. The molecule has 2 aromatic heterocycles. The maximum atomic E-state index is 13.8. The number of nitrogens with zero attached hydrogens (tertiary/aromatic N) is 4. The van der Waals surface area contributed by atoms with Crippen molar-refractivity contribution in [2.75, 3.05) is 16.9 Å². The summed E-state index contributed by atoms with van der Waals surface area (Å²) >= 11 is 1.07. The zero-order chi connectivity index (χ0) is 16.2. The summed E-state index contributed by atoms with van der Waals surface area (Å²) < 4.78 is 19.5. The van der Waals surface area contributed by atoms with Crippen LogP contribution in [0.25, 0.3) is 11.4 Å². The normalized spacial score (nSPS) is 10.7. The van der Waals surface area contributed by atoms with Gasteiger partial charge in [-0.15, -0.1) is 10.2 Å². The van der Waals surface area contributed by atoms with Crippen LogP contribution in [0.2, 0.25) is 0 Å². The van der Waals surface area contributed by atoms with Gasteiger partial charge < -0.3 is 15.7 Å². The molecule has 3 N–H and O–H groups in total. The quantitative estimate of drug-likeness (QED) is 0.537. The summed E-state index contributed by atoms with van der Waals surface area (Å²) in [5.74, 6) is 5.65. The molecule has 10 heteroatoms. The van der Waals surface area contributed by atoms with Gasteiger partial charge in [0.2, 0.25) is 11.1 Å². The van der Waals surface area contributed by atoms with Crippen LogP contribution in [0, 0.1) is 5.82 Å². The number of carbonyl (C=O) groups excluding carboxylic acids is 1. The number of carbonyl (C=O) groups is 1. The van der Waals surface area contributed by atoms with Gasteiger partial charge in [-0.25, -0.2) is 9.07 Å². The molecule has 1 aromatic carbocycles. The highest BCUT2D eigenvalue weighted by atomic mass is 32.2. The molecular weight excluding hydrogens is 323 g/mol. The Morgan fingerprint density at radius 3 is 2.91 bits per heavy atom. The van der Waals surface area contributed by atoms with Crippen molar-refractivity contribution in [3.63, 3.8) is 0 Å². The lowest BCUT2D eigenvalue weighted by Crippen LogP contribution is -2.16. The second-order valence-corrected chi connectivity index (χ2v) is 5.32. The molecule has 8 nitrogen and oxygen atoms in total.